The molecule has 1 aliphatic rings. The van der Waals surface area contributed by atoms with Crippen molar-refractivity contribution in [3.63, 3.8) is 0 Å². The van der Waals surface area contributed by atoms with E-state index in [0.29, 0.717) is 18.4 Å². The Kier molecular flexibility index (Phi) is 5.60. The summed E-state index contributed by atoms with van der Waals surface area (Å²) in [6.45, 7) is 3.18. The van der Waals surface area contributed by atoms with Crippen molar-refractivity contribution in [2.75, 3.05) is 25.0 Å². The van der Waals surface area contributed by atoms with Gasteiger partial charge < -0.3 is 5.32 Å². The van der Waals surface area contributed by atoms with Crippen LogP contribution in [0.25, 0.3) is 0 Å². The molecule has 1 atom stereocenters. The van der Waals surface area contributed by atoms with Crippen molar-refractivity contribution in [1.29, 1.82) is 0 Å². The molecular formula is C17H24N6O2. The monoisotopic (exact) mass is 344 g/mol. The van der Waals surface area contributed by atoms with E-state index in [1.807, 2.05) is 0 Å². The minimum Gasteiger partial charge on any atom is -0.367 e. The Bertz CT molecular complexity index is 815. The van der Waals surface area contributed by atoms with Crippen LogP contribution in [-0.2, 0) is 13.6 Å². The fourth-order valence-electron chi connectivity index (χ4n) is 3.18. The van der Waals surface area contributed by atoms with Gasteiger partial charge in [0.2, 0.25) is 0 Å². The fraction of sp³-hybridized carbons (Fsp3) is 0.529. The first-order valence-electron chi connectivity index (χ1n) is 8.68. The second kappa shape index (κ2) is 8.06. The van der Waals surface area contributed by atoms with Crippen LogP contribution in [0.15, 0.2) is 40.1 Å². The van der Waals surface area contributed by atoms with Crippen molar-refractivity contribution in [3.8, 4) is 0 Å². The molecule has 0 aromatic carbocycles. The third-order valence-corrected chi connectivity index (χ3v) is 4.61. The summed E-state index contributed by atoms with van der Waals surface area (Å²) in [4.78, 5) is 25.6. The molecular weight excluding hydrogens is 320 g/mol. The highest BCUT2D eigenvalue weighted by molar-refractivity contribution is 5.31. The van der Waals surface area contributed by atoms with Gasteiger partial charge in [0.15, 0.2) is 0 Å². The lowest BCUT2D eigenvalue weighted by Gasteiger charge is -2.35. The molecule has 8 heteroatoms. The SMILES string of the molecule is Cn1nc(NCC2CCCCN2CCn2ncccc2=O)ccc1=O. The molecule has 1 aliphatic heterocycles. The number of nitrogens with zero attached hydrogens (tertiary/aromatic N) is 5. The Balaban J connectivity index is 1.58. The summed E-state index contributed by atoms with van der Waals surface area (Å²) >= 11 is 0. The van der Waals surface area contributed by atoms with Crippen LogP contribution < -0.4 is 16.4 Å². The molecule has 0 amide bonds. The number of likely N-dealkylation sites (tertiary alicyclic amines) is 1. The molecule has 1 N–H and O–H groups in total. The third kappa shape index (κ3) is 4.54. The van der Waals surface area contributed by atoms with Gasteiger partial charge in [-0.15, -0.1) is 0 Å². The summed E-state index contributed by atoms with van der Waals surface area (Å²) in [5.74, 6) is 0.702. The molecule has 134 valence electrons. The van der Waals surface area contributed by atoms with Gasteiger partial charge in [0.05, 0.1) is 6.54 Å². The number of piperidine rings is 1. The lowest BCUT2D eigenvalue weighted by Crippen LogP contribution is -2.45. The second-order valence-electron chi connectivity index (χ2n) is 6.33. The highest BCUT2D eigenvalue weighted by Crippen LogP contribution is 2.17. The summed E-state index contributed by atoms with van der Waals surface area (Å²) in [6, 6.07) is 6.80. The number of hydrogen-bond acceptors (Lipinski definition) is 6. The van der Waals surface area contributed by atoms with Crippen molar-refractivity contribution >= 4 is 5.82 Å². The number of aryl methyl sites for hydroxylation is 1. The van der Waals surface area contributed by atoms with E-state index in [1.165, 1.54) is 34.3 Å². The molecule has 0 spiro atoms. The van der Waals surface area contributed by atoms with Gasteiger partial charge in [0.25, 0.3) is 11.1 Å². The number of rotatable bonds is 6. The molecule has 1 unspecified atom stereocenters. The molecule has 2 aromatic heterocycles. The van der Waals surface area contributed by atoms with E-state index in [0.717, 1.165) is 26.1 Å². The molecule has 1 fully saturated rings. The number of nitrogens with one attached hydrogen (secondary N) is 1. The van der Waals surface area contributed by atoms with Gasteiger partial charge in [-0.25, -0.2) is 9.36 Å². The van der Waals surface area contributed by atoms with Crippen molar-refractivity contribution < 1.29 is 0 Å². The molecule has 3 rings (SSSR count). The highest BCUT2D eigenvalue weighted by Gasteiger charge is 2.22. The topological polar surface area (TPSA) is 85.1 Å². The number of hydrogen-bond donors (Lipinski definition) is 1. The second-order valence-corrected chi connectivity index (χ2v) is 6.33. The first-order valence-corrected chi connectivity index (χ1v) is 8.68. The zero-order chi connectivity index (χ0) is 17.6. The molecule has 2 aromatic rings. The molecule has 0 radical (unpaired) electrons. The Morgan fingerprint density at radius 3 is 2.84 bits per heavy atom. The number of aromatic nitrogens is 4. The van der Waals surface area contributed by atoms with Crippen LogP contribution in [0.5, 0.6) is 0 Å². The van der Waals surface area contributed by atoms with Crippen LogP contribution in [0.2, 0.25) is 0 Å². The normalized spacial score (nSPS) is 18.2. The van der Waals surface area contributed by atoms with Crippen LogP contribution in [0.3, 0.4) is 0 Å². The minimum atomic E-state index is -0.120. The van der Waals surface area contributed by atoms with Gasteiger partial charge in [0, 0.05) is 44.5 Å². The Morgan fingerprint density at radius 1 is 1.16 bits per heavy atom. The largest absolute Gasteiger partial charge is 0.367 e. The Hall–Kier alpha value is -2.48. The standard InChI is InChI=1S/C17H24N6O2/c1-21-16(24)8-7-15(20-21)18-13-14-5-2-3-10-22(14)11-12-23-17(25)6-4-9-19-23/h4,6-9,14H,2-3,5,10-13H2,1H3,(H,18,20). The van der Waals surface area contributed by atoms with Gasteiger partial charge in [-0.3, -0.25) is 14.5 Å². The molecule has 3 heterocycles. The summed E-state index contributed by atoms with van der Waals surface area (Å²) < 4.78 is 2.84. The van der Waals surface area contributed by atoms with E-state index < -0.39 is 0 Å². The summed E-state index contributed by atoms with van der Waals surface area (Å²) in [5.41, 5.74) is -0.186. The highest BCUT2D eigenvalue weighted by atomic mass is 16.1. The van der Waals surface area contributed by atoms with E-state index in [4.69, 9.17) is 0 Å². The lowest BCUT2D eigenvalue weighted by molar-refractivity contribution is 0.148. The average molecular weight is 344 g/mol. The number of anilines is 1. The maximum absolute atomic E-state index is 11.8. The quantitative estimate of drug-likeness (QED) is 0.811. The molecule has 25 heavy (non-hydrogen) atoms. The van der Waals surface area contributed by atoms with E-state index >= 15 is 0 Å². The van der Waals surface area contributed by atoms with Crippen molar-refractivity contribution in [2.24, 2.45) is 7.05 Å². The van der Waals surface area contributed by atoms with Gasteiger partial charge in [-0.05, 0) is 31.5 Å². The summed E-state index contributed by atoms with van der Waals surface area (Å²) in [7, 11) is 1.64. The third-order valence-electron chi connectivity index (χ3n) is 4.61. The molecule has 0 aliphatic carbocycles. The van der Waals surface area contributed by atoms with Gasteiger partial charge in [-0.1, -0.05) is 6.42 Å². The zero-order valence-electron chi connectivity index (χ0n) is 14.5. The molecule has 0 bridgehead atoms. The first kappa shape index (κ1) is 17.3. The van der Waals surface area contributed by atoms with Crippen LogP contribution in [0, 0.1) is 0 Å². The van der Waals surface area contributed by atoms with E-state index in [-0.39, 0.29) is 11.1 Å². The van der Waals surface area contributed by atoms with Crippen molar-refractivity contribution in [2.45, 2.75) is 31.8 Å². The summed E-state index contributed by atoms with van der Waals surface area (Å²) in [6.07, 6.45) is 5.12. The Morgan fingerprint density at radius 2 is 2.04 bits per heavy atom. The fourth-order valence-corrected chi connectivity index (χ4v) is 3.18. The van der Waals surface area contributed by atoms with Gasteiger partial charge in [0.1, 0.15) is 5.82 Å². The predicted molar refractivity (Wildman–Crippen MR) is 95.7 cm³/mol. The van der Waals surface area contributed by atoms with E-state index in [9.17, 15) is 9.59 Å². The minimum absolute atomic E-state index is 0.0661. The lowest BCUT2D eigenvalue weighted by atomic mass is 10.0. The predicted octanol–water partition coefficient (Wildman–Crippen LogP) is 0.304. The van der Waals surface area contributed by atoms with Crippen LogP contribution in [0.1, 0.15) is 19.3 Å². The van der Waals surface area contributed by atoms with Crippen LogP contribution in [0.4, 0.5) is 5.82 Å². The molecule has 8 nitrogen and oxygen atoms in total. The maximum atomic E-state index is 11.8. The molecule has 0 saturated carbocycles. The first-order chi connectivity index (χ1) is 12.1. The van der Waals surface area contributed by atoms with Crippen molar-refractivity contribution in [1.82, 2.24) is 24.5 Å². The van der Waals surface area contributed by atoms with E-state index in [1.54, 1.807) is 25.4 Å². The zero-order valence-corrected chi connectivity index (χ0v) is 14.5. The summed E-state index contributed by atoms with van der Waals surface area (Å²) in [5, 5.41) is 11.7. The van der Waals surface area contributed by atoms with Gasteiger partial charge in [-0.2, -0.15) is 10.2 Å². The van der Waals surface area contributed by atoms with Crippen molar-refractivity contribution in [3.05, 3.63) is 51.2 Å². The maximum Gasteiger partial charge on any atom is 0.266 e. The smallest absolute Gasteiger partial charge is 0.266 e. The van der Waals surface area contributed by atoms with Crippen LogP contribution >= 0.6 is 0 Å². The van der Waals surface area contributed by atoms with E-state index in [2.05, 4.69) is 20.4 Å². The average Bonchev–Trinajstić information content (AvgIpc) is 2.63. The van der Waals surface area contributed by atoms with Gasteiger partial charge >= 0.3 is 0 Å². The Labute approximate surface area is 146 Å². The molecule has 1 saturated heterocycles. The van der Waals surface area contributed by atoms with Crippen LogP contribution in [-0.4, -0.2) is 50.1 Å².